The molecule has 1 aromatic rings. The number of nitrogens with zero attached hydrogens (tertiary/aromatic N) is 1. The fourth-order valence-electron chi connectivity index (χ4n) is 1.41. The highest BCUT2D eigenvalue weighted by molar-refractivity contribution is 7.99. The summed E-state index contributed by atoms with van der Waals surface area (Å²) in [6.45, 7) is 2.50. The molecule has 19 heavy (non-hydrogen) atoms. The van der Waals surface area contributed by atoms with Crippen molar-refractivity contribution in [1.29, 1.82) is 0 Å². The molecule has 2 N–H and O–H groups in total. The van der Waals surface area contributed by atoms with Crippen LogP contribution in [0, 0.1) is 11.8 Å². The topological polar surface area (TPSA) is 62.2 Å². The molecule has 5 heteroatoms. The van der Waals surface area contributed by atoms with Crippen LogP contribution in [-0.2, 0) is 0 Å². The molecule has 0 fully saturated rings. The molecule has 0 saturated carbocycles. The van der Waals surface area contributed by atoms with Crippen LogP contribution < -0.4 is 5.32 Å². The van der Waals surface area contributed by atoms with Gasteiger partial charge in [0.15, 0.2) is 0 Å². The molecule has 0 bridgehead atoms. The highest BCUT2D eigenvalue weighted by Gasteiger charge is 2.11. The summed E-state index contributed by atoms with van der Waals surface area (Å²) in [6, 6.07) is 3.43. The summed E-state index contributed by atoms with van der Waals surface area (Å²) < 4.78 is 0. The van der Waals surface area contributed by atoms with Crippen LogP contribution in [0.4, 0.5) is 0 Å². The predicted octanol–water partition coefficient (Wildman–Crippen LogP) is 1.30. The number of amides is 1. The lowest BCUT2D eigenvalue weighted by Gasteiger charge is -2.09. The number of aromatic nitrogens is 1. The number of pyridine rings is 1. The van der Waals surface area contributed by atoms with E-state index in [1.165, 1.54) is 0 Å². The SMILES string of the molecule is CSC(C)CCNC(=O)c1ncccc1C#CCO. The number of hydrogen-bond donors (Lipinski definition) is 2. The Morgan fingerprint density at radius 3 is 3.11 bits per heavy atom. The van der Waals surface area contributed by atoms with Gasteiger partial charge < -0.3 is 10.4 Å². The molecule has 0 aliphatic rings. The summed E-state index contributed by atoms with van der Waals surface area (Å²) in [6.07, 6.45) is 4.52. The van der Waals surface area contributed by atoms with Crippen LogP contribution in [0.15, 0.2) is 18.3 Å². The van der Waals surface area contributed by atoms with Crippen LogP contribution in [0.25, 0.3) is 0 Å². The van der Waals surface area contributed by atoms with Crippen LogP contribution >= 0.6 is 11.8 Å². The van der Waals surface area contributed by atoms with Crippen molar-refractivity contribution in [2.24, 2.45) is 0 Å². The number of thioether (sulfide) groups is 1. The van der Waals surface area contributed by atoms with Gasteiger partial charge in [-0.1, -0.05) is 18.8 Å². The highest BCUT2D eigenvalue weighted by atomic mass is 32.2. The molecule has 0 radical (unpaired) electrons. The quantitative estimate of drug-likeness (QED) is 0.797. The molecule has 1 unspecified atom stereocenters. The number of aliphatic hydroxyl groups excluding tert-OH is 1. The van der Waals surface area contributed by atoms with E-state index in [2.05, 4.69) is 29.1 Å². The van der Waals surface area contributed by atoms with E-state index in [0.717, 1.165) is 6.42 Å². The minimum Gasteiger partial charge on any atom is -0.384 e. The van der Waals surface area contributed by atoms with Crippen LogP contribution in [0.5, 0.6) is 0 Å². The summed E-state index contributed by atoms with van der Waals surface area (Å²) in [4.78, 5) is 16.0. The first-order chi connectivity index (χ1) is 9.19. The molecule has 0 saturated heterocycles. The van der Waals surface area contributed by atoms with E-state index < -0.39 is 0 Å². The molecule has 0 aliphatic carbocycles. The Morgan fingerprint density at radius 2 is 2.42 bits per heavy atom. The van der Waals surface area contributed by atoms with Crippen molar-refractivity contribution in [2.75, 3.05) is 19.4 Å². The largest absolute Gasteiger partial charge is 0.384 e. The zero-order valence-corrected chi connectivity index (χ0v) is 12.0. The minimum absolute atomic E-state index is 0.226. The van der Waals surface area contributed by atoms with Gasteiger partial charge in [0.2, 0.25) is 0 Å². The van der Waals surface area contributed by atoms with E-state index in [4.69, 9.17) is 5.11 Å². The zero-order chi connectivity index (χ0) is 14.1. The standard InChI is InChI=1S/C14H18N2O2S/c1-11(19-2)7-9-16-14(18)13-12(6-4-10-17)5-3-8-15-13/h3,5,8,11,17H,7,9-10H2,1-2H3,(H,16,18). The number of nitrogens with one attached hydrogen (secondary N) is 1. The third kappa shape index (κ3) is 5.33. The molecule has 1 heterocycles. The zero-order valence-electron chi connectivity index (χ0n) is 11.1. The van der Waals surface area contributed by atoms with Gasteiger partial charge in [-0.2, -0.15) is 11.8 Å². The second-order valence-electron chi connectivity index (χ2n) is 3.95. The number of hydrogen-bond acceptors (Lipinski definition) is 4. The maximum atomic E-state index is 12.0. The Bertz CT molecular complexity index is 480. The first-order valence-electron chi connectivity index (χ1n) is 6.04. The Labute approximate surface area is 118 Å². The number of carbonyl (C=O) groups excluding carboxylic acids is 1. The highest BCUT2D eigenvalue weighted by Crippen LogP contribution is 2.08. The van der Waals surface area contributed by atoms with Crippen molar-refractivity contribution in [2.45, 2.75) is 18.6 Å². The van der Waals surface area contributed by atoms with Crippen LogP contribution in [0.3, 0.4) is 0 Å². The predicted molar refractivity (Wildman–Crippen MR) is 78.1 cm³/mol. The lowest BCUT2D eigenvalue weighted by molar-refractivity contribution is 0.0948. The van der Waals surface area contributed by atoms with Crippen molar-refractivity contribution < 1.29 is 9.90 Å². The van der Waals surface area contributed by atoms with Crippen molar-refractivity contribution in [3.63, 3.8) is 0 Å². The van der Waals surface area contributed by atoms with E-state index in [1.54, 1.807) is 30.1 Å². The van der Waals surface area contributed by atoms with Gasteiger partial charge in [-0.3, -0.25) is 4.79 Å². The molecule has 0 aromatic carbocycles. The summed E-state index contributed by atoms with van der Waals surface area (Å²) in [7, 11) is 0. The normalized spacial score (nSPS) is 11.3. The third-order valence-corrected chi connectivity index (χ3v) is 3.60. The molecule has 1 rings (SSSR count). The van der Waals surface area contributed by atoms with E-state index in [9.17, 15) is 4.79 Å². The smallest absolute Gasteiger partial charge is 0.271 e. The molecule has 1 atom stereocenters. The van der Waals surface area contributed by atoms with Gasteiger partial charge in [-0.15, -0.1) is 0 Å². The lowest BCUT2D eigenvalue weighted by Crippen LogP contribution is -2.27. The van der Waals surface area contributed by atoms with Gasteiger partial charge in [0, 0.05) is 18.0 Å². The monoisotopic (exact) mass is 278 g/mol. The van der Waals surface area contributed by atoms with Crippen molar-refractivity contribution >= 4 is 17.7 Å². The number of aliphatic hydroxyl groups is 1. The third-order valence-electron chi connectivity index (χ3n) is 2.56. The summed E-state index contributed by atoms with van der Waals surface area (Å²) in [5.41, 5.74) is 0.840. The lowest BCUT2D eigenvalue weighted by atomic mass is 10.2. The number of rotatable bonds is 5. The first kappa shape index (κ1) is 15.5. The van der Waals surface area contributed by atoms with E-state index in [1.807, 2.05) is 6.26 Å². The first-order valence-corrected chi connectivity index (χ1v) is 7.33. The second-order valence-corrected chi connectivity index (χ2v) is 5.23. The Morgan fingerprint density at radius 1 is 1.63 bits per heavy atom. The van der Waals surface area contributed by atoms with Gasteiger partial charge in [0.25, 0.3) is 5.91 Å². The second kappa shape index (κ2) is 8.57. The van der Waals surface area contributed by atoms with Gasteiger partial charge in [0.1, 0.15) is 12.3 Å². The maximum absolute atomic E-state index is 12.0. The fourth-order valence-corrected chi connectivity index (χ4v) is 1.77. The average molecular weight is 278 g/mol. The summed E-state index contributed by atoms with van der Waals surface area (Å²) in [5, 5.41) is 12.0. The molecule has 0 spiro atoms. The minimum atomic E-state index is -0.235. The Kier molecular flexibility index (Phi) is 7.01. The summed E-state index contributed by atoms with van der Waals surface area (Å²) in [5.74, 6) is 5.03. The van der Waals surface area contributed by atoms with E-state index >= 15 is 0 Å². The van der Waals surface area contributed by atoms with Crippen LogP contribution in [0.2, 0.25) is 0 Å². The maximum Gasteiger partial charge on any atom is 0.271 e. The van der Waals surface area contributed by atoms with Crippen molar-refractivity contribution in [3.8, 4) is 11.8 Å². The van der Waals surface area contributed by atoms with Crippen LogP contribution in [-0.4, -0.2) is 40.7 Å². The molecule has 4 nitrogen and oxygen atoms in total. The molecule has 0 aliphatic heterocycles. The Balaban J connectivity index is 2.66. The molecule has 1 aromatic heterocycles. The molecule has 102 valence electrons. The van der Waals surface area contributed by atoms with Gasteiger partial charge >= 0.3 is 0 Å². The molecular weight excluding hydrogens is 260 g/mol. The van der Waals surface area contributed by atoms with Crippen LogP contribution in [0.1, 0.15) is 29.4 Å². The van der Waals surface area contributed by atoms with Gasteiger partial charge in [0.05, 0.1) is 5.56 Å². The van der Waals surface area contributed by atoms with Crippen molar-refractivity contribution in [3.05, 3.63) is 29.6 Å². The van der Waals surface area contributed by atoms with E-state index in [0.29, 0.717) is 23.1 Å². The van der Waals surface area contributed by atoms with E-state index in [-0.39, 0.29) is 12.5 Å². The molecule has 1 amide bonds. The van der Waals surface area contributed by atoms with Crippen molar-refractivity contribution in [1.82, 2.24) is 10.3 Å². The van der Waals surface area contributed by atoms with Gasteiger partial charge in [-0.25, -0.2) is 4.98 Å². The Hall–Kier alpha value is -1.51. The fraction of sp³-hybridized carbons (Fsp3) is 0.429. The average Bonchev–Trinajstić information content (AvgIpc) is 2.45. The number of carbonyl (C=O) groups is 1. The molecular formula is C14H18N2O2S. The summed E-state index contributed by atoms with van der Waals surface area (Å²) >= 11 is 1.77. The van der Waals surface area contributed by atoms with Gasteiger partial charge in [-0.05, 0) is 24.8 Å².